The molecule has 0 N–H and O–H groups in total. The first-order valence-electron chi connectivity index (χ1n) is 6.40. The lowest BCUT2D eigenvalue weighted by Crippen LogP contribution is -2.36. The predicted octanol–water partition coefficient (Wildman–Crippen LogP) is 2.62. The first-order valence-corrected chi connectivity index (χ1v) is 7.19. The number of hydrogen-bond acceptors (Lipinski definition) is 4. The molecule has 0 bridgehead atoms. The van der Waals surface area contributed by atoms with Crippen molar-refractivity contribution >= 4 is 21.6 Å². The lowest BCUT2D eigenvalue weighted by molar-refractivity contribution is -0.385. The number of aryl methyl sites for hydroxylation is 1. The van der Waals surface area contributed by atoms with Crippen LogP contribution in [0.15, 0.2) is 22.7 Å². The minimum absolute atomic E-state index is 0.142. The summed E-state index contributed by atoms with van der Waals surface area (Å²) >= 11 is 3.20. The topological polar surface area (TPSA) is 55.6 Å². The SMILES string of the molecule is O=[N+]([O-])c1cc(CCCN2CCOCC2)ccc1Br. The van der Waals surface area contributed by atoms with Gasteiger partial charge in [0.1, 0.15) is 0 Å². The molecule has 6 heteroatoms. The number of rotatable bonds is 5. The van der Waals surface area contributed by atoms with Crippen LogP contribution < -0.4 is 0 Å². The monoisotopic (exact) mass is 328 g/mol. The van der Waals surface area contributed by atoms with Crippen LogP contribution >= 0.6 is 15.9 Å². The molecule has 0 radical (unpaired) electrons. The van der Waals surface area contributed by atoms with Crippen molar-refractivity contribution in [2.45, 2.75) is 12.8 Å². The first-order chi connectivity index (χ1) is 9.16. The lowest BCUT2D eigenvalue weighted by Gasteiger charge is -2.26. The van der Waals surface area contributed by atoms with Gasteiger partial charge >= 0.3 is 0 Å². The number of morpholine rings is 1. The Balaban J connectivity index is 1.85. The Hall–Kier alpha value is -0.980. The molecule has 1 fully saturated rings. The van der Waals surface area contributed by atoms with Crippen LogP contribution in [0.25, 0.3) is 0 Å². The summed E-state index contributed by atoms with van der Waals surface area (Å²) in [5.74, 6) is 0. The van der Waals surface area contributed by atoms with Crippen molar-refractivity contribution in [1.82, 2.24) is 4.90 Å². The van der Waals surface area contributed by atoms with Gasteiger partial charge in [-0.15, -0.1) is 0 Å². The highest BCUT2D eigenvalue weighted by molar-refractivity contribution is 9.10. The molecule has 0 unspecified atom stereocenters. The van der Waals surface area contributed by atoms with E-state index in [4.69, 9.17) is 4.74 Å². The molecule has 1 aliphatic rings. The second-order valence-corrected chi connectivity index (χ2v) is 5.45. The predicted molar refractivity (Wildman–Crippen MR) is 76.4 cm³/mol. The molecule has 1 aliphatic heterocycles. The van der Waals surface area contributed by atoms with Crippen molar-refractivity contribution in [2.75, 3.05) is 32.8 Å². The van der Waals surface area contributed by atoms with E-state index < -0.39 is 0 Å². The minimum Gasteiger partial charge on any atom is -0.379 e. The molecule has 0 aliphatic carbocycles. The Morgan fingerprint density at radius 2 is 2.11 bits per heavy atom. The maximum atomic E-state index is 10.8. The summed E-state index contributed by atoms with van der Waals surface area (Å²) in [4.78, 5) is 12.9. The zero-order chi connectivity index (χ0) is 13.7. The molecule has 1 heterocycles. The largest absolute Gasteiger partial charge is 0.379 e. The van der Waals surface area contributed by atoms with Crippen molar-refractivity contribution in [1.29, 1.82) is 0 Å². The quantitative estimate of drug-likeness (QED) is 0.615. The zero-order valence-corrected chi connectivity index (χ0v) is 12.3. The molecule has 1 aromatic rings. The third-order valence-corrected chi connectivity index (χ3v) is 3.92. The van der Waals surface area contributed by atoms with E-state index in [1.165, 1.54) is 0 Å². The number of nitro benzene ring substituents is 1. The molecule has 2 rings (SSSR count). The van der Waals surface area contributed by atoms with Gasteiger partial charge in [0, 0.05) is 19.2 Å². The van der Waals surface area contributed by atoms with Crippen LogP contribution in [0.5, 0.6) is 0 Å². The van der Waals surface area contributed by atoms with Crippen molar-refractivity contribution in [3.63, 3.8) is 0 Å². The van der Waals surface area contributed by atoms with Gasteiger partial charge in [0.2, 0.25) is 0 Å². The number of benzene rings is 1. The van der Waals surface area contributed by atoms with Crippen LogP contribution in [-0.4, -0.2) is 42.7 Å². The first kappa shape index (κ1) is 14.4. The van der Waals surface area contributed by atoms with Gasteiger partial charge in [0.15, 0.2) is 0 Å². The normalized spacial score (nSPS) is 16.5. The van der Waals surface area contributed by atoms with E-state index in [1.54, 1.807) is 12.1 Å². The van der Waals surface area contributed by atoms with Crippen LogP contribution in [0.3, 0.4) is 0 Å². The highest BCUT2D eigenvalue weighted by atomic mass is 79.9. The minimum atomic E-state index is -0.352. The second-order valence-electron chi connectivity index (χ2n) is 4.60. The fourth-order valence-corrected chi connectivity index (χ4v) is 2.58. The fourth-order valence-electron chi connectivity index (χ4n) is 2.19. The molecule has 0 amide bonds. The molecule has 0 atom stereocenters. The fraction of sp³-hybridized carbons (Fsp3) is 0.538. The van der Waals surface area contributed by atoms with Gasteiger partial charge in [-0.05, 0) is 46.9 Å². The molecule has 1 aromatic carbocycles. The zero-order valence-electron chi connectivity index (χ0n) is 10.7. The molecule has 19 heavy (non-hydrogen) atoms. The van der Waals surface area contributed by atoms with Gasteiger partial charge in [-0.2, -0.15) is 0 Å². The van der Waals surface area contributed by atoms with Crippen molar-refractivity contribution in [3.05, 3.63) is 38.3 Å². The summed E-state index contributed by atoms with van der Waals surface area (Å²) in [6.07, 6.45) is 1.88. The van der Waals surface area contributed by atoms with Gasteiger partial charge in [-0.3, -0.25) is 15.0 Å². The summed E-state index contributed by atoms with van der Waals surface area (Å²) in [7, 11) is 0. The van der Waals surface area contributed by atoms with Crippen molar-refractivity contribution in [3.8, 4) is 0 Å². The molecular weight excluding hydrogens is 312 g/mol. The maximum absolute atomic E-state index is 10.8. The summed E-state index contributed by atoms with van der Waals surface area (Å²) in [5, 5.41) is 10.8. The molecule has 104 valence electrons. The highest BCUT2D eigenvalue weighted by Crippen LogP contribution is 2.26. The van der Waals surface area contributed by atoms with E-state index in [0.29, 0.717) is 4.47 Å². The summed E-state index contributed by atoms with van der Waals surface area (Å²) < 4.78 is 5.83. The number of hydrogen-bond donors (Lipinski definition) is 0. The van der Waals surface area contributed by atoms with E-state index in [2.05, 4.69) is 20.8 Å². The maximum Gasteiger partial charge on any atom is 0.283 e. The second kappa shape index (κ2) is 6.98. The Morgan fingerprint density at radius 3 is 2.79 bits per heavy atom. The van der Waals surface area contributed by atoms with Gasteiger partial charge in [-0.1, -0.05) is 6.07 Å². The number of nitro groups is 1. The smallest absolute Gasteiger partial charge is 0.283 e. The molecule has 1 saturated heterocycles. The van der Waals surface area contributed by atoms with Crippen LogP contribution in [0.1, 0.15) is 12.0 Å². The van der Waals surface area contributed by atoms with Crippen molar-refractivity contribution < 1.29 is 9.66 Å². The average Bonchev–Trinajstić information content (AvgIpc) is 2.41. The van der Waals surface area contributed by atoms with Gasteiger partial charge in [-0.25, -0.2) is 0 Å². The molecule has 0 saturated carbocycles. The van der Waals surface area contributed by atoms with E-state index in [9.17, 15) is 10.1 Å². The van der Waals surface area contributed by atoms with Crippen LogP contribution in [0, 0.1) is 10.1 Å². The molecule has 0 aromatic heterocycles. The van der Waals surface area contributed by atoms with Crippen LogP contribution in [0.4, 0.5) is 5.69 Å². The third-order valence-electron chi connectivity index (χ3n) is 3.25. The molecule has 5 nitrogen and oxygen atoms in total. The summed E-state index contributed by atoms with van der Waals surface area (Å²) in [5.41, 5.74) is 1.16. The number of ether oxygens (including phenoxy) is 1. The van der Waals surface area contributed by atoms with Gasteiger partial charge in [0.05, 0.1) is 22.6 Å². The molecule has 0 spiro atoms. The van der Waals surface area contributed by atoms with Crippen LogP contribution in [0.2, 0.25) is 0 Å². The van der Waals surface area contributed by atoms with E-state index in [-0.39, 0.29) is 10.6 Å². The van der Waals surface area contributed by atoms with E-state index in [0.717, 1.165) is 51.3 Å². The van der Waals surface area contributed by atoms with Gasteiger partial charge in [0.25, 0.3) is 5.69 Å². The van der Waals surface area contributed by atoms with E-state index in [1.807, 2.05) is 6.07 Å². The van der Waals surface area contributed by atoms with E-state index >= 15 is 0 Å². The molecular formula is C13H17BrN2O3. The highest BCUT2D eigenvalue weighted by Gasteiger charge is 2.13. The lowest BCUT2D eigenvalue weighted by atomic mass is 10.1. The summed E-state index contributed by atoms with van der Waals surface area (Å²) in [6.45, 7) is 4.61. The third kappa shape index (κ3) is 4.26. The van der Waals surface area contributed by atoms with Gasteiger partial charge < -0.3 is 4.74 Å². The Labute approximate surface area is 120 Å². The number of halogens is 1. The summed E-state index contributed by atoms with van der Waals surface area (Å²) in [6, 6.07) is 5.35. The van der Waals surface area contributed by atoms with Crippen molar-refractivity contribution in [2.24, 2.45) is 0 Å². The Bertz CT molecular complexity index is 448. The Morgan fingerprint density at radius 1 is 1.37 bits per heavy atom. The van der Waals surface area contributed by atoms with Crippen LogP contribution in [-0.2, 0) is 11.2 Å². The standard InChI is InChI=1S/C13H17BrN2O3/c14-12-4-3-11(10-13(12)16(17)18)2-1-5-15-6-8-19-9-7-15/h3-4,10H,1-2,5-9H2. The average molecular weight is 329 g/mol. The Kier molecular flexibility index (Phi) is 5.30. The number of nitrogens with zero attached hydrogens (tertiary/aromatic N) is 2.